The summed E-state index contributed by atoms with van der Waals surface area (Å²) in [6.45, 7) is 7.53. The number of carbonyl (C=O) groups is 1. The second-order valence-electron chi connectivity index (χ2n) is 6.19. The van der Waals surface area contributed by atoms with Gasteiger partial charge in [-0.1, -0.05) is 6.92 Å². The molecule has 0 aromatic rings. The van der Waals surface area contributed by atoms with Crippen LogP contribution in [-0.2, 0) is 14.3 Å². The van der Waals surface area contributed by atoms with Crippen molar-refractivity contribution in [1.29, 1.82) is 0 Å². The Morgan fingerprint density at radius 2 is 2.00 bits per heavy atom. The molecule has 1 N–H and O–H groups in total. The molecular formula is C16H30N2O3. The Morgan fingerprint density at radius 1 is 1.29 bits per heavy atom. The normalized spacial score (nSPS) is 21.3. The van der Waals surface area contributed by atoms with Gasteiger partial charge in [-0.3, -0.25) is 4.90 Å². The predicted octanol–water partition coefficient (Wildman–Crippen LogP) is 1.42. The summed E-state index contributed by atoms with van der Waals surface area (Å²) >= 11 is 0. The topological polar surface area (TPSA) is 50.8 Å². The Balaban J connectivity index is 2.10. The highest BCUT2D eigenvalue weighted by atomic mass is 16.5. The van der Waals surface area contributed by atoms with E-state index in [1.807, 2.05) is 6.92 Å². The largest absolute Gasteiger partial charge is 0.465 e. The molecule has 2 aliphatic carbocycles. The molecule has 0 heterocycles. The smallest absolute Gasteiger partial charge is 0.327 e. The molecular weight excluding hydrogens is 268 g/mol. The minimum Gasteiger partial charge on any atom is -0.465 e. The average molecular weight is 298 g/mol. The van der Waals surface area contributed by atoms with Crippen LogP contribution >= 0.6 is 0 Å². The Kier molecular flexibility index (Phi) is 6.02. The minimum atomic E-state index is -0.527. The van der Waals surface area contributed by atoms with Gasteiger partial charge in [-0.2, -0.15) is 0 Å². The van der Waals surface area contributed by atoms with Gasteiger partial charge in [0.05, 0.1) is 13.2 Å². The molecule has 0 saturated heterocycles. The monoisotopic (exact) mass is 298 g/mol. The first-order valence-corrected chi connectivity index (χ1v) is 8.33. The van der Waals surface area contributed by atoms with Gasteiger partial charge in [0.25, 0.3) is 0 Å². The van der Waals surface area contributed by atoms with Crippen LogP contribution < -0.4 is 5.32 Å². The summed E-state index contributed by atoms with van der Waals surface area (Å²) in [6, 6.07) is 0.617. The predicted molar refractivity (Wildman–Crippen MR) is 82.2 cm³/mol. The van der Waals surface area contributed by atoms with Gasteiger partial charge in [0.1, 0.15) is 5.54 Å². The van der Waals surface area contributed by atoms with Gasteiger partial charge in [0.2, 0.25) is 0 Å². The molecule has 2 fully saturated rings. The summed E-state index contributed by atoms with van der Waals surface area (Å²) in [5.74, 6) is 0.345. The zero-order valence-corrected chi connectivity index (χ0v) is 13.7. The molecule has 2 aliphatic rings. The van der Waals surface area contributed by atoms with Crippen molar-refractivity contribution in [2.45, 2.75) is 51.1 Å². The zero-order chi connectivity index (χ0) is 15.3. The number of methoxy groups -OCH3 is 1. The van der Waals surface area contributed by atoms with E-state index in [0.717, 1.165) is 32.5 Å². The van der Waals surface area contributed by atoms with Crippen molar-refractivity contribution in [3.05, 3.63) is 0 Å². The van der Waals surface area contributed by atoms with Crippen LogP contribution in [0.4, 0.5) is 0 Å². The molecule has 0 spiro atoms. The Morgan fingerprint density at radius 3 is 2.48 bits per heavy atom. The lowest BCUT2D eigenvalue weighted by atomic mass is 9.91. The highest BCUT2D eigenvalue weighted by Crippen LogP contribution is 2.42. The number of likely N-dealkylation sites (N-methyl/N-ethyl adjacent to an activating group) is 1. The van der Waals surface area contributed by atoms with E-state index in [-0.39, 0.29) is 5.97 Å². The van der Waals surface area contributed by atoms with E-state index in [1.165, 1.54) is 12.8 Å². The van der Waals surface area contributed by atoms with Crippen molar-refractivity contribution in [3.8, 4) is 0 Å². The quantitative estimate of drug-likeness (QED) is 0.585. The number of nitrogens with one attached hydrogen (secondary N) is 1. The van der Waals surface area contributed by atoms with Gasteiger partial charge in [-0.25, -0.2) is 4.79 Å². The third-order valence-electron chi connectivity index (χ3n) is 4.50. The van der Waals surface area contributed by atoms with E-state index >= 15 is 0 Å². The third kappa shape index (κ3) is 4.18. The van der Waals surface area contributed by atoms with Crippen LogP contribution in [0.3, 0.4) is 0 Å². The number of esters is 1. The number of hydrogen-bond donors (Lipinski definition) is 1. The maximum Gasteiger partial charge on any atom is 0.327 e. The Hall–Kier alpha value is -0.650. The number of rotatable bonds is 11. The fourth-order valence-corrected chi connectivity index (χ4v) is 3.14. The lowest BCUT2D eigenvalue weighted by molar-refractivity contribution is -0.153. The van der Waals surface area contributed by atoms with Crippen molar-refractivity contribution >= 4 is 5.97 Å². The Bertz CT molecular complexity index is 342. The SMILES string of the molecule is CCNC(CN(CCOC)C1CC1)(C(=O)OCC)C1CC1. The van der Waals surface area contributed by atoms with Gasteiger partial charge in [0.15, 0.2) is 0 Å². The molecule has 0 aliphatic heterocycles. The number of hydrogen-bond acceptors (Lipinski definition) is 5. The minimum absolute atomic E-state index is 0.0718. The van der Waals surface area contributed by atoms with Crippen LogP contribution in [0, 0.1) is 5.92 Å². The summed E-state index contributed by atoms with van der Waals surface area (Å²) in [6.07, 6.45) is 4.71. The van der Waals surface area contributed by atoms with Crippen LogP contribution in [-0.4, -0.2) is 62.4 Å². The van der Waals surface area contributed by atoms with Crippen LogP contribution in [0.1, 0.15) is 39.5 Å². The van der Waals surface area contributed by atoms with Gasteiger partial charge >= 0.3 is 5.97 Å². The van der Waals surface area contributed by atoms with E-state index in [2.05, 4.69) is 17.1 Å². The molecule has 0 aromatic heterocycles. The molecule has 0 amide bonds. The fraction of sp³-hybridized carbons (Fsp3) is 0.938. The van der Waals surface area contributed by atoms with Gasteiger partial charge in [-0.05, 0) is 45.1 Å². The summed E-state index contributed by atoms with van der Waals surface area (Å²) in [5.41, 5.74) is -0.527. The molecule has 2 rings (SSSR count). The van der Waals surface area contributed by atoms with Crippen molar-refractivity contribution in [1.82, 2.24) is 10.2 Å². The maximum atomic E-state index is 12.6. The molecule has 1 atom stereocenters. The summed E-state index contributed by atoms with van der Waals surface area (Å²) in [7, 11) is 1.73. The van der Waals surface area contributed by atoms with E-state index in [1.54, 1.807) is 7.11 Å². The van der Waals surface area contributed by atoms with E-state index in [9.17, 15) is 4.79 Å². The highest BCUT2D eigenvalue weighted by Gasteiger charge is 2.53. The first-order chi connectivity index (χ1) is 10.2. The molecule has 122 valence electrons. The molecule has 5 heteroatoms. The number of nitrogens with zero attached hydrogens (tertiary/aromatic N) is 1. The second-order valence-corrected chi connectivity index (χ2v) is 6.19. The summed E-state index contributed by atoms with van der Waals surface area (Å²) < 4.78 is 10.6. The van der Waals surface area contributed by atoms with Crippen molar-refractivity contribution in [2.24, 2.45) is 5.92 Å². The van der Waals surface area contributed by atoms with Gasteiger partial charge < -0.3 is 14.8 Å². The molecule has 0 bridgehead atoms. The summed E-state index contributed by atoms with van der Waals surface area (Å²) in [4.78, 5) is 15.1. The average Bonchev–Trinajstić information content (AvgIpc) is 3.33. The fourth-order valence-electron chi connectivity index (χ4n) is 3.14. The second kappa shape index (κ2) is 7.56. The Labute approximate surface area is 128 Å². The summed E-state index contributed by atoms with van der Waals surface area (Å²) in [5, 5.41) is 3.48. The van der Waals surface area contributed by atoms with Gasteiger partial charge in [-0.15, -0.1) is 0 Å². The first kappa shape index (κ1) is 16.7. The zero-order valence-electron chi connectivity index (χ0n) is 13.7. The molecule has 0 aromatic carbocycles. The molecule has 0 radical (unpaired) electrons. The third-order valence-corrected chi connectivity index (χ3v) is 4.50. The van der Waals surface area contributed by atoms with E-state index in [4.69, 9.17) is 9.47 Å². The lowest BCUT2D eigenvalue weighted by Crippen LogP contribution is -2.62. The van der Waals surface area contributed by atoms with E-state index in [0.29, 0.717) is 25.2 Å². The lowest BCUT2D eigenvalue weighted by Gasteiger charge is -2.37. The molecule has 21 heavy (non-hydrogen) atoms. The van der Waals surface area contributed by atoms with Crippen molar-refractivity contribution in [2.75, 3.05) is 40.0 Å². The standard InChI is InChI=1S/C16H30N2O3/c1-4-17-16(13-6-7-13,15(19)21-5-2)12-18(10-11-20-3)14-8-9-14/h13-14,17H,4-12H2,1-3H3. The van der Waals surface area contributed by atoms with Crippen molar-refractivity contribution < 1.29 is 14.3 Å². The van der Waals surface area contributed by atoms with Crippen molar-refractivity contribution in [3.63, 3.8) is 0 Å². The van der Waals surface area contributed by atoms with Crippen LogP contribution in [0.25, 0.3) is 0 Å². The maximum absolute atomic E-state index is 12.6. The highest BCUT2D eigenvalue weighted by molar-refractivity contribution is 5.82. The van der Waals surface area contributed by atoms with Gasteiger partial charge in [0, 0.05) is 26.2 Å². The van der Waals surface area contributed by atoms with Crippen LogP contribution in [0.2, 0.25) is 0 Å². The number of ether oxygens (including phenoxy) is 2. The first-order valence-electron chi connectivity index (χ1n) is 8.33. The van der Waals surface area contributed by atoms with E-state index < -0.39 is 5.54 Å². The van der Waals surface area contributed by atoms with Crippen LogP contribution in [0.5, 0.6) is 0 Å². The van der Waals surface area contributed by atoms with Crippen LogP contribution in [0.15, 0.2) is 0 Å². The number of carbonyl (C=O) groups excluding carboxylic acids is 1. The molecule has 2 saturated carbocycles. The molecule has 1 unspecified atom stereocenters. The molecule has 5 nitrogen and oxygen atoms in total.